The Kier molecular flexibility index (Phi) is 8.73. The average Bonchev–Trinajstić information content (AvgIpc) is 3.13. The monoisotopic (exact) mass is 569 g/mol. The minimum absolute atomic E-state index is 0.141. The largest absolute Gasteiger partial charge is 0.482 e. The Morgan fingerprint density at radius 3 is 2.39 bits per heavy atom. The number of nitrogens with zero attached hydrogens (tertiary/aromatic N) is 1. The molecule has 194 valence electrons. The van der Waals surface area contributed by atoms with E-state index < -0.39 is 23.6 Å². The molecule has 2 N–H and O–H groups in total. The Bertz CT molecular complexity index is 1440. The van der Waals surface area contributed by atoms with E-state index in [4.69, 9.17) is 27.9 Å². The number of imide groups is 1. The maximum absolute atomic E-state index is 12.8. The number of ether oxygens (including phenoxy) is 1. The molecule has 0 saturated carbocycles. The van der Waals surface area contributed by atoms with E-state index in [0.29, 0.717) is 22.0 Å². The lowest BCUT2D eigenvalue weighted by molar-refractivity contribution is -0.127. The summed E-state index contributed by atoms with van der Waals surface area (Å²) in [5, 5.41) is 5.31. The lowest BCUT2D eigenvalue weighted by atomic mass is 10.2. The molecule has 4 rings (SSSR count). The van der Waals surface area contributed by atoms with Crippen molar-refractivity contribution in [3.63, 3.8) is 0 Å². The summed E-state index contributed by atoms with van der Waals surface area (Å²) in [6, 6.07) is 18.7. The Balaban J connectivity index is 1.35. The fraction of sp³-hybridized carbons (Fsp3) is 0.111. The molecule has 3 aromatic carbocycles. The number of anilines is 2. The van der Waals surface area contributed by atoms with Crippen LogP contribution in [0.2, 0.25) is 10.0 Å². The van der Waals surface area contributed by atoms with Gasteiger partial charge in [0.1, 0.15) is 12.3 Å². The van der Waals surface area contributed by atoms with Gasteiger partial charge in [0, 0.05) is 5.69 Å². The van der Waals surface area contributed by atoms with Crippen molar-refractivity contribution in [2.45, 2.75) is 6.92 Å². The third kappa shape index (κ3) is 6.95. The van der Waals surface area contributed by atoms with Crippen molar-refractivity contribution in [3.05, 3.63) is 92.8 Å². The smallest absolute Gasteiger partial charge is 0.294 e. The number of amides is 4. The molecule has 1 aliphatic heterocycles. The van der Waals surface area contributed by atoms with Gasteiger partial charge in [0.25, 0.3) is 17.1 Å². The van der Waals surface area contributed by atoms with E-state index in [1.165, 1.54) is 6.08 Å². The highest BCUT2D eigenvalue weighted by atomic mass is 35.5. The zero-order valence-electron chi connectivity index (χ0n) is 20.0. The first-order valence-corrected chi connectivity index (χ1v) is 12.9. The topological polar surface area (TPSA) is 105 Å². The number of nitrogens with one attached hydrogen (secondary N) is 2. The van der Waals surface area contributed by atoms with Gasteiger partial charge < -0.3 is 15.4 Å². The van der Waals surface area contributed by atoms with Crippen LogP contribution in [0.3, 0.4) is 0 Å². The van der Waals surface area contributed by atoms with E-state index in [0.717, 1.165) is 22.2 Å². The molecule has 0 atom stereocenters. The van der Waals surface area contributed by atoms with Gasteiger partial charge in [-0.05, 0) is 66.7 Å². The molecule has 0 aromatic heterocycles. The molecule has 4 amide bonds. The van der Waals surface area contributed by atoms with Gasteiger partial charge in [0.15, 0.2) is 6.61 Å². The molecule has 0 bridgehead atoms. The third-order valence-corrected chi connectivity index (χ3v) is 6.80. The van der Waals surface area contributed by atoms with Crippen molar-refractivity contribution in [2.24, 2.45) is 0 Å². The van der Waals surface area contributed by atoms with Gasteiger partial charge >= 0.3 is 0 Å². The normalized spacial score (nSPS) is 14.1. The SMILES string of the molecule is Cc1ccc(NC(=O)COc2ccc(/C=C3/SC(=O)N(CC(=O)Nc4ccccc4Cl)C3=O)cc2Cl)cc1. The lowest BCUT2D eigenvalue weighted by Crippen LogP contribution is -2.36. The van der Waals surface area contributed by atoms with Gasteiger partial charge in [-0.2, -0.15) is 0 Å². The van der Waals surface area contributed by atoms with E-state index in [2.05, 4.69) is 10.6 Å². The molecule has 1 aliphatic rings. The second-order valence-electron chi connectivity index (χ2n) is 8.19. The summed E-state index contributed by atoms with van der Waals surface area (Å²) in [4.78, 5) is 50.7. The van der Waals surface area contributed by atoms with Crippen molar-refractivity contribution >= 4 is 75.4 Å². The summed E-state index contributed by atoms with van der Waals surface area (Å²) in [5.41, 5.74) is 2.65. The average molecular weight is 570 g/mol. The molecule has 3 aromatic rings. The van der Waals surface area contributed by atoms with Crippen molar-refractivity contribution in [3.8, 4) is 5.75 Å². The summed E-state index contributed by atoms with van der Waals surface area (Å²) in [6.45, 7) is 1.25. The van der Waals surface area contributed by atoms with Crippen LogP contribution in [0.1, 0.15) is 11.1 Å². The van der Waals surface area contributed by atoms with Crippen LogP contribution in [0.25, 0.3) is 6.08 Å². The fourth-order valence-electron chi connectivity index (χ4n) is 3.38. The van der Waals surface area contributed by atoms with E-state index in [-0.39, 0.29) is 28.2 Å². The van der Waals surface area contributed by atoms with Gasteiger partial charge in [-0.1, -0.05) is 59.1 Å². The number of carbonyl (C=O) groups is 4. The molecule has 1 fully saturated rings. The first kappa shape index (κ1) is 27.3. The van der Waals surface area contributed by atoms with Crippen LogP contribution < -0.4 is 15.4 Å². The van der Waals surface area contributed by atoms with E-state index in [1.807, 2.05) is 19.1 Å². The zero-order chi connectivity index (χ0) is 27.2. The van der Waals surface area contributed by atoms with Gasteiger partial charge in [-0.25, -0.2) is 0 Å². The highest BCUT2D eigenvalue weighted by Crippen LogP contribution is 2.34. The molecule has 1 heterocycles. The number of thioether (sulfide) groups is 1. The summed E-state index contributed by atoms with van der Waals surface area (Å²) >= 11 is 13.1. The predicted octanol–water partition coefficient (Wildman–Crippen LogP) is 5.99. The minimum Gasteiger partial charge on any atom is -0.482 e. The van der Waals surface area contributed by atoms with Crippen LogP contribution >= 0.6 is 35.0 Å². The number of aryl methyl sites for hydroxylation is 1. The number of hydrogen-bond donors (Lipinski definition) is 2. The molecule has 0 unspecified atom stereocenters. The Labute approximate surface area is 232 Å². The van der Waals surface area contributed by atoms with Gasteiger partial charge in [0.05, 0.1) is 20.6 Å². The van der Waals surface area contributed by atoms with Crippen LogP contribution in [-0.4, -0.2) is 41.0 Å². The Morgan fingerprint density at radius 2 is 1.68 bits per heavy atom. The highest BCUT2D eigenvalue weighted by molar-refractivity contribution is 8.18. The Morgan fingerprint density at radius 1 is 0.947 bits per heavy atom. The summed E-state index contributed by atoms with van der Waals surface area (Å²) in [7, 11) is 0. The van der Waals surface area contributed by atoms with Crippen molar-refractivity contribution in [1.82, 2.24) is 4.90 Å². The second-order valence-corrected chi connectivity index (χ2v) is 10.00. The quantitative estimate of drug-likeness (QED) is 0.322. The van der Waals surface area contributed by atoms with Crippen LogP contribution in [0.15, 0.2) is 71.6 Å². The maximum atomic E-state index is 12.8. The molecule has 0 radical (unpaired) electrons. The lowest BCUT2D eigenvalue weighted by Gasteiger charge is -2.13. The van der Waals surface area contributed by atoms with Crippen LogP contribution in [0.4, 0.5) is 16.2 Å². The van der Waals surface area contributed by atoms with Crippen molar-refractivity contribution in [2.75, 3.05) is 23.8 Å². The van der Waals surface area contributed by atoms with Crippen molar-refractivity contribution in [1.29, 1.82) is 0 Å². The first-order valence-electron chi connectivity index (χ1n) is 11.3. The van der Waals surface area contributed by atoms with E-state index >= 15 is 0 Å². The molecule has 0 aliphatic carbocycles. The van der Waals surface area contributed by atoms with E-state index in [9.17, 15) is 19.2 Å². The summed E-state index contributed by atoms with van der Waals surface area (Å²) < 4.78 is 5.52. The van der Waals surface area contributed by atoms with Crippen LogP contribution in [-0.2, 0) is 14.4 Å². The summed E-state index contributed by atoms with van der Waals surface area (Å²) in [6.07, 6.45) is 1.50. The van der Waals surface area contributed by atoms with Crippen LogP contribution in [0.5, 0.6) is 5.75 Å². The fourth-order valence-corrected chi connectivity index (χ4v) is 4.65. The van der Waals surface area contributed by atoms with Gasteiger partial charge in [0.2, 0.25) is 5.91 Å². The number of hydrogen-bond acceptors (Lipinski definition) is 6. The molecular formula is C27H21Cl2N3O5S. The number of para-hydroxylation sites is 1. The van der Waals surface area contributed by atoms with Gasteiger partial charge in [-0.15, -0.1) is 0 Å². The standard InChI is InChI=1S/C27H21Cl2N3O5S/c1-16-6-9-18(10-7-16)30-25(34)15-37-22-11-8-17(12-20(22)29)13-23-26(35)32(27(36)38-23)14-24(33)31-21-5-3-2-4-19(21)28/h2-13H,14-15H2,1H3,(H,30,34)(H,31,33)/b23-13+. The molecular weight excluding hydrogens is 549 g/mol. The number of carbonyl (C=O) groups excluding carboxylic acids is 4. The molecule has 0 spiro atoms. The van der Waals surface area contributed by atoms with Crippen molar-refractivity contribution < 1.29 is 23.9 Å². The highest BCUT2D eigenvalue weighted by Gasteiger charge is 2.36. The number of rotatable bonds is 8. The number of halogens is 2. The van der Waals surface area contributed by atoms with E-state index in [1.54, 1.807) is 54.6 Å². The predicted molar refractivity (Wildman–Crippen MR) is 150 cm³/mol. The Hall–Kier alpha value is -3.79. The minimum atomic E-state index is -0.599. The molecule has 1 saturated heterocycles. The second kappa shape index (κ2) is 12.2. The molecule has 38 heavy (non-hydrogen) atoms. The molecule has 8 nitrogen and oxygen atoms in total. The molecule has 11 heteroatoms. The number of benzene rings is 3. The first-order chi connectivity index (χ1) is 18.2. The zero-order valence-corrected chi connectivity index (χ0v) is 22.3. The summed E-state index contributed by atoms with van der Waals surface area (Å²) in [5.74, 6) is -1.22. The van der Waals surface area contributed by atoms with Crippen LogP contribution in [0, 0.1) is 6.92 Å². The van der Waals surface area contributed by atoms with Gasteiger partial charge in [-0.3, -0.25) is 24.1 Å². The maximum Gasteiger partial charge on any atom is 0.294 e. The third-order valence-electron chi connectivity index (χ3n) is 5.27.